The summed E-state index contributed by atoms with van der Waals surface area (Å²) in [6, 6.07) is 13.0. The Hall–Kier alpha value is -2.56. The number of hydrogen-bond acceptors (Lipinski definition) is 7. The molecule has 1 aliphatic rings. The average Bonchev–Trinajstić information content (AvgIpc) is 3.18. The van der Waals surface area contributed by atoms with E-state index >= 15 is 0 Å². The third-order valence-electron chi connectivity index (χ3n) is 4.81. The second kappa shape index (κ2) is 8.05. The van der Waals surface area contributed by atoms with Crippen molar-refractivity contribution in [2.45, 2.75) is 11.3 Å². The molecule has 0 atom stereocenters. The van der Waals surface area contributed by atoms with E-state index in [1.807, 2.05) is 0 Å². The summed E-state index contributed by atoms with van der Waals surface area (Å²) in [6.45, 7) is 3.17. The number of nitrogens with two attached hydrogens (primary N) is 1. The van der Waals surface area contributed by atoms with Crippen LogP contribution in [0.15, 0.2) is 53.4 Å². The molecule has 0 bridgehead atoms. The lowest BCUT2D eigenvalue weighted by molar-refractivity contribution is 0.597. The highest BCUT2D eigenvalue weighted by atomic mass is 32.2. The number of anilines is 2. The Kier molecular flexibility index (Phi) is 5.48. The minimum absolute atomic E-state index is 0.113. The molecule has 1 aromatic heterocycles. The van der Waals surface area contributed by atoms with Crippen LogP contribution in [0.5, 0.6) is 0 Å². The van der Waals surface area contributed by atoms with Crippen molar-refractivity contribution in [3.05, 3.63) is 64.9 Å². The maximum Gasteiger partial charge on any atom is 0.238 e. The summed E-state index contributed by atoms with van der Waals surface area (Å²) in [5.41, 5.74) is 1.97. The third-order valence-corrected chi connectivity index (χ3v) is 6.72. The monoisotopic (exact) mass is 433 g/mol. The van der Waals surface area contributed by atoms with Crippen molar-refractivity contribution in [1.82, 2.24) is 10.2 Å². The summed E-state index contributed by atoms with van der Waals surface area (Å²) in [4.78, 5) is 4.51. The van der Waals surface area contributed by atoms with Gasteiger partial charge in [-0.3, -0.25) is 0 Å². The first-order chi connectivity index (χ1) is 13.9. The molecule has 1 fully saturated rings. The molecule has 2 N–H and O–H groups in total. The highest BCUT2D eigenvalue weighted by Gasteiger charge is 2.21. The zero-order valence-corrected chi connectivity index (χ0v) is 17.2. The Balaban J connectivity index is 1.36. The SMILES string of the molecule is NS(=O)(=O)c1ccc(N2CCN(c3nnc(Cc4ccc(F)cc4)s3)CC2)cc1. The number of benzene rings is 2. The fraction of sp³-hybridized carbons (Fsp3) is 0.263. The Morgan fingerprint density at radius 1 is 0.931 bits per heavy atom. The molecule has 3 aromatic rings. The summed E-state index contributed by atoms with van der Waals surface area (Å²) in [7, 11) is -3.68. The summed E-state index contributed by atoms with van der Waals surface area (Å²) in [5, 5.41) is 15.5. The molecule has 10 heteroatoms. The standard InChI is InChI=1S/C19H20FN5O2S2/c20-15-3-1-14(2-4-15)13-18-22-23-19(28-18)25-11-9-24(10-12-25)16-5-7-17(8-6-16)29(21,26)27/h1-8H,9-13H2,(H2,21,26,27). The van der Waals surface area contributed by atoms with Crippen LogP contribution in [0.2, 0.25) is 0 Å². The molecule has 4 rings (SSSR count). The number of halogens is 1. The van der Waals surface area contributed by atoms with Gasteiger partial charge in [0.2, 0.25) is 15.2 Å². The topological polar surface area (TPSA) is 92.4 Å². The van der Waals surface area contributed by atoms with Gasteiger partial charge in [0.1, 0.15) is 10.8 Å². The van der Waals surface area contributed by atoms with Gasteiger partial charge in [0.25, 0.3) is 0 Å². The first-order valence-corrected chi connectivity index (χ1v) is 11.4. The van der Waals surface area contributed by atoms with Gasteiger partial charge in [-0.1, -0.05) is 23.5 Å². The molecular weight excluding hydrogens is 413 g/mol. The highest BCUT2D eigenvalue weighted by molar-refractivity contribution is 7.89. The zero-order valence-electron chi connectivity index (χ0n) is 15.5. The van der Waals surface area contributed by atoms with Crippen molar-refractivity contribution in [3.63, 3.8) is 0 Å². The fourth-order valence-electron chi connectivity index (χ4n) is 3.22. The number of hydrogen-bond donors (Lipinski definition) is 1. The molecule has 0 radical (unpaired) electrons. The van der Waals surface area contributed by atoms with Crippen molar-refractivity contribution < 1.29 is 12.8 Å². The van der Waals surface area contributed by atoms with Crippen LogP contribution < -0.4 is 14.9 Å². The van der Waals surface area contributed by atoms with E-state index in [1.165, 1.54) is 24.3 Å². The first-order valence-electron chi connectivity index (χ1n) is 9.08. The lowest BCUT2D eigenvalue weighted by atomic mass is 10.2. The molecule has 2 heterocycles. The smallest absolute Gasteiger partial charge is 0.238 e. The van der Waals surface area contributed by atoms with Crippen molar-refractivity contribution in [3.8, 4) is 0 Å². The Morgan fingerprint density at radius 3 is 2.17 bits per heavy atom. The minimum atomic E-state index is -3.68. The van der Waals surface area contributed by atoms with Crippen LogP contribution in [0, 0.1) is 5.82 Å². The summed E-state index contributed by atoms with van der Waals surface area (Å²) < 4.78 is 35.8. The van der Waals surface area contributed by atoms with Crippen LogP contribution in [0.25, 0.3) is 0 Å². The van der Waals surface area contributed by atoms with Crippen molar-refractivity contribution in [1.29, 1.82) is 0 Å². The Bertz CT molecular complexity index is 1080. The molecule has 29 heavy (non-hydrogen) atoms. The molecule has 0 unspecified atom stereocenters. The summed E-state index contributed by atoms with van der Waals surface area (Å²) in [5.74, 6) is -0.246. The van der Waals surface area contributed by atoms with Gasteiger partial charge in [-0.05, 0) is 42.0 Å². The molecule has 7 nitrogen and oxygen atoms in total. The highest BCUT2D eigenvalue weighted by Crippen LogP contribution is 2.25. The summed E-state index contributed by atoms with van der Waals surface area (Å²) >= 11 is 1.55. The number of rotatable bonds is 5. The lowest BCUT2D eigenvalue weighted by Crippen LogP contribution is -2.46. The largest absolute Gasteiger partial charge is 0.368 e. The maximum absolute atomic E-state index is 13.0. The van der Waals surface area contributed by atoms with Gasteiger partial charge < -0.3 is 9.80 Å². The second-order valence-corrected chi connectivity index (χ2v) is 9.40. The molecule has 0 aliphatic carbocycles. The van der Waals surface area contributed by atoms with Crippen molar-refractivity contribution in [2.24, 2.45) is 5.14 Å². The van der Waals surface area contributed by atoms with Crippen LogP contribution in [-0.4, -0.2) is 44.8 Å². The number of aromatic nitrogens is 2. The van der Waals surface area contributed by atoms with E-state index in [0.29, 0.717) is 6.42 Å². The number of sulfonamides is 1. The quantitative estimate of drug-likeness (QED) is 0.663. The normalized spacial score (nSPS) is 15.0. The Morgan fingerprint density at radius 2 is 1.55 bits per heavy atom. The van der Waals surface area contributed by atoms with E-state index in [-0.39, 0.29) is 10.7 Å². The van der Waals surface area contributed by atoms with Gasteiger partial charge in [0, 0.05) is 38.3 Å². The van der Waals surface area contributed by atoms with Gasteiger partial charge in [-0.25, -0.2) is 17.9 Å². The average molecular weight is 434 g/mol. The van der Waals surface area contributed by atoms with E-state index in [9.17, 15) is 12.8 Å². The Labute approximate surface area is 172 Å². The van der Waals surface area contributed by atoms with E-state index in [0.717, 1.165) is 47.6 Å². The molecule has 0 spiro atoms. The van der Waals surface area contributed by atoms with E-state index in [1.54, 1.807) is 35.6 Å². The van der Waals surface area contributed by atoms with E-state index in [2.05, 4.69) is 20.0 Å². The van der Waals surface area contributed by atoms with E-state index < -0.39 is 10.0 Å². The van der Waals surface area contributed by atoms with Crippen molar-refractivity contribution >= 4 is 32.2 Å². The predicted molar refractivity (Wildman–Crippen MR) is 111 cm³/mol. The van der Waals surface area contributed by atoms with Crippen LogP contribution in [0.4, 0.5) is 15.2 Å². The van der Waals surface area contributed by atoms with Crippen LogP contribution in [-0.2, 0) is 16.4 Å². The number of piperazine rings is 1. The molecule has 2 aromatic carbocycles. The zero-order chi connectivity index (χ0) is 20.4. The van der Waals surface area contributed by atoms with Crippen molar-refractivity contribution in [2.75, 3.05) is 36.0 Å². The maximum atomic E-state index is 13.0. The van der Waals surface area contributed by atoms with Gasteiger partial charge in [-0.15, -0.1) is 10.2 Å². The minimum Gasteiger partial charge on any atom is -0.368 e. The molecule has 152 valence electrons. The van der Waals surface area contributed by atoms with E-state index in [4.69, 9.17) is 5.14 Å². The van der Waals surface area contributed by atoms with Gasteiger partial charge in [0.05, 0.1) is 4.90 Å². The number of nitrogens with zero attached hydrogens (tertiary/aromatic N) is 4. The fourth-order valence-corrected chi connectivity index (χ4v) is 4.66. The van der Waals surface area contributed by atoms with Gasteiger partial charge >= 0.3 is 0 Å². The third kappa shape index (κ3) is 4.72. The second-order valence-electron chi connectivity index (χ2n) is 6.79. The van der Waals surface area contributed by atoms with Crippen LogP contribution in [0.1, 0.15) is 10.6 Å². The lowest BCUT2D eigenvalue weighted by Gasteiger charge is -2.35. The van der Waals surface area contributed by atoms with Gasteiger partial charge in [0.15, 0.2) is 0 Å². The molecule has 1 saturated heterocycles. The molecular formula is C19H20FN5O2S2. The van der Waals surface area contributed by atoms with Crippen LogP contribution >= 0.6 is 11.3 Å². The summed E-state index contributed by atoms with van der Waals surface area (Å²) in [6.07, 6.45) is 0.633. The molecule has 0 saturated carbocycles. The number of primary sulfonamides is 1. The van der Waals surface area contributed by atoms with Gasteiger partial charge in [-0.2, -0.15) is 0 Å². The molecule has 0 amide bonds. The molecule has 1 aliphatic heterocycles. The van der Waals surface area contributed by atoms with Crippen LogP contribution in [0.3, 0.4) is 0 Å². The first kappa shape index (κ1) is 19.7. The predicted octanol–water partition coefficient (Wildman–Crippen LogP) is 2.24.